The SMILES string of the molecule is C1CCCC1.CCC(=O)C1CC(C)CN1C(C)=O. The molecule has 0 radical (unpaired) electrons. The summed E-state index contributed by atoms with van der Waals surface area (Å²) in [4.78, 5) is 24.4. The highest BCUT2D eigenvalue weighted by atomic mass is 16.2. The molecule has 1 heterocycles. The summed E-state index contributed by atoms with van der Waals surface area (Å²) >= 11 is 0. The number of amides is 1. The zero-order chi connectivity index (χ0) is 13.5. The van der Waals surface area contributed by atoms with Crippen molar-refractivity contribution in [3.8, 4) is 0 Å². The van der Waals surface area contributed by atoms with Crippen molar-refractivity contribution in [3.05, 3.63) is 0 Å². The second-order valence-corrected chi connectivity index (χ2v) is 5.62. The van der Waals surface area contributed by atoms with Crippen molar-refractivity contribution < 1.29 is 9.59 Å². The average Bonchev–Trinajstić information content (AvgIpc) is 2.99. The van der Waals surface area contributed by atoms with E-state index in [9.17, 15) is 9.59 Å². The van der Waals surface area contributed by atoms with E-state index in [1.807, 2.05) is 6.92 Å². The average molecular weight is 253 g/mol. The topological polar surface area (TPSA) is 37.4 Å². The van der Waals surface area contributed by atoms with Gasteiger partial charge in [0.2, 0.25) is 5.91 Å². The van der Waals surface area contributed by atoms with Crippen molar-refractivity contribution in [1.82, 2.24) is 4.90 Å². The molecule has 1 aliphatic carbocycles. The number of carbonyl (C=O) groups is 2. The molecule has 0 aromatic carbocycles. The first kappa shape index (κ1) is 15.2. The van der Waals surface area contributed by atoms with Crippen LogP contribution in [-0.4, -0.2) is 29.2 Å². The molecule has 18 heavy (non-hydrogen) atoms. The van der Waals surface area contributed by atoms with Crippen molar-refractivity contribution in [2.24, 2.45) is 5.92 Å². The molecule has 2 rings (SSSR count). The summed E-state index contributed by atoms with van der Waals surface area (Å²) in [5, 5.41) is 0. The number of hydrogen-bond acceptors (Lipinski definition) is 2. The Balaban J connectivity index is 0.000000269. The quantitative estimate of drug-likeness (QED) is 0.758. The van der Waals surface area contributed by atoms with Crippen molar-refractivity contribution in [1.29, 1.82) is 0 Å². The maximum Gasteiger partial charge on any atom is 0.220 e. The normalized spacial score (nSPS) is 26.7. The highest BCUT2D eigenvalue weighted by Crippen LogP contribution is 2.24. The van der Waals surface area contributed by atoms with Crippen LogP contribution in [0.1, 0.15) is 65.7 Å². The maximum atomic E-state index is 11.5. The van der Waals surface area contributed by atoms with E-state index < -0.39 is 0 Å². The third-order valence-electron chi connectivity index (χ3n) is 3.88. The highest BCUT2D eigenvalue weighted by molar-refractivity contribution is 5.88. The van der Waals surface area contributed by atoms with Crippen LogP contribution >= 0.6 is 0 Å². The Morgan fingerprint density at radius 2 is 1.61 bits per heavy atom. The van der Waals surface area contributed by atoms with Gasteiger partial charge in [0.25, 0.3) is 0 Å². The van der Waals surface area contributed by atoms with Gasteiger partial charge in [0.15, 0.2) is 5.78 Å². The number of Topliss-reactive ketones (excluding diaryl/α,β-unsaturated/α-hetero) is 1. The van der Waals surface area contributed by atoms with Crippen LogP contribution in [0, 0.1) is 5.92 Å². The van der Waals surface area contributed by atoms with E-state index in [1.165, 1.54) is 39.0 Å². The predicted octanol–water partition coefficient (Wildman–Crippen LogP) is 3.17. The Labute approximate surface area is 111 Å². The van der Waals surface area contributed by atoms with Crippen molar-refractivity contribution >= 4 is 11.7 Å². The molecule has 1 saturated heterocycles. The van der Waals surface area contributed by atoms with Gasteiger partial charge in [0.1, 0.15) is 0 Å². The highest BCUT2D eigenvalue weighted by Gasteiger charge is 2.34. The monoisotopic (exact) mass is 253 g/mol. The lowest BCUT2D eigenvalue weighted by Crippen LogP contribution is -2.38. The predicted molar refractivity (Wildman–Crippen MR) is 73.3 cm³/mol. The van der Waals surface area contributed by atoms with Gasteiger partial charge >= 0.3 is 0 Å². The Kier molecular flexibility index (Phi) is 6.37. The Morgan fingerprint density at radius 3 is 2.00 bits per heavy atom. The third-order valence-corrected chi connectivity index (χ3v) is 3.88. The van der Waals surface area contributed by atoms with E-state index in [0.29, 0.717) is 12.3 Å². The summed E-state index contributed by atoms with van der Waals surface area (Å²) in [6.07, 6.45) is 8.87. The van der Waals surface area contributed by atoms with Crippen LogP contribution in [0.5, 0.6) is 0 Å². The van der Waals surface area contributed by atoms with Crippen LogP contribution < -0.4 is 0 Å². The molecule has 2 atom stereocenters. The lowest BCUT2D eigenvalue weighted by molar-refractivity contribution is -0.135. The summed E-state index contributed by atoms with van der Waals surface area (Å²) in [6.45, 7) is 6.21. The standard InChI is InChI=1S/C10H17NO2.C5H10/c1-4-10(13)9-5-7(2)6-11(9)8(3)12;1-2-4-5-3-1/h7,9H,4-6H2,1-3H3;1-5H2. The minimum atomic E-state index is -0.141. The summed E-state index contributed by atoms with van der Waals surface area (Å²) in [7, 11) is 0. The van der Waals surface area contributed by atoms with E-state index in [4.69, 9.17) is 0 Å². The molecule has 2 fully saturated rings. The number of likely N-dealkylation sites (tertiary alicyclic amines) is 1. The third kappa shape index (κ3) is 4.43. The van der Waals surface area contributed by atoms with Gasteiger partial charge in [0.05, 0.1) is 6.04 Å². The number of ketones is 1. The molecule has 1 amide bonds. The van der Waals surface area contributed by atoms with E-state index >= 15 is 0 Å². The van der Waals surface area contributed by atoms with Gasteiger partial charge in [-0.05, 0) is 12.3 Å². The fourth-order valence-corrected chi connectivity index (χ4v) is 2.82. The lowest BCUT2D eigenvalue weighted by atomic mass is 10.0. The molecule has 0 spiro atoms. The smallest absolute Gasteiger partial charge is 0.220 e. The fourth-order valence-electron chi connectivity index (χ4n) is 2.82. The number of carbonyl (C=O) groups excluding carboxylic acids is 2. The van der Waals surface area contributed by atoms with Crippen LogP contribution in [0.15, 0.2) is 0 Å². The lowest BCUT2D eigenvalue weighted by Gasteiger charge is -2.21. The molecule has 2 unspecified atom stereocenters. The van der Waals surface area contributed by atoms with Crippen LogP contribution in [0.25, 0.3) is 0 Å². The molecule has 104 valence electrons. The van der Waals surface area contributed by atoms with Crippen LogP contribution in [-0.2, 0) is 9.59 Å². The summed E-state index contributed by atoms with van der Waals surface area (Å²) < 4.78 is 0. The van der Waals surface area contributed by atoms with Gasteiger partial charge in [-0.2, -0.15) is 0 Å². The zero-order valence-corrected chi connectivity index (χ0v) is 12.1. The first-order valence-electron chi connectivity index (χ1n) is 7.36. The van der Waals surface area contributed by atoms with E-state index in [0.717, 1.165) is 13.0 Å². The zero-order valence-electron chi connectivity index (χ0n) is 12.1. The van der Waals surface area contributed by atoms with E-state index in [2.05, 4.69) is 6.92 Å². The second-order valence-electron chi connectivity index (χ2n) is 5.62. The summed E-state index contributed by atoms with van der Waals surface area (Å²) in [6, 6.07) is -0.141. The molecule has 1 aliphatic heterocycles. The first-order chi connectivity index (χ1) is 8.56. The molecule has 3 heteroatoms. The van der Waals surface area contributed by atoms with E-state index in [1.54, 1.807) is 4.90 Å². The van der Waals surface area contributed by atoms with Crippen LogP contribution in [0.3, 0.4) is 0 Å². The second kappa shape index (κ2) is 7.55. The molecule has 3 nitrogen and oxygen atoms in total. The van der Waals surface area contributed by atoms with Gasteiger partial charge in [-0.3, -0.25) is 9.59 Å². The largest absolute Gasteiger partial charge is 0.333 e. The van der Waals surface area contributed by atoms with E-state index in [-0.39, 0.29) is 17.7 Å². The molecule has 1 saturated carbocycles. The molecular weight excluding hydrogens is 226 g/mol. The Morgan fingerprint density at radius 1 is 1.11 bits per heavy atom. The number of rotatable bonds is 2. The number of hydrogen-bond donors (Lipinski definition) is 0. The fraction of sp³-hybridized carbons (Fsp3) is 0.867. The maximum absolute atomic E-state index is 11.5. The molecule has 0 bridgehead atoms. The first-order valence-corrected chi connectivity index (χ1v) is 7.36. The molecule has 0 N–H and O–H groups in total. The molecule has 0 aromatic rings. The van der Waals surface area contributed by atoms with Crippen LogP contribution in [0.2, 0.25) is 0 Å². The van der Waals surface area contributed by atoms with Gasteiger partial charge in [-0.25, -0.2) is 0 Å². The molecule has 0 aromatic heterocycles. The summed E-state index contributed by atoms with van der Waals surface area (Å²) in [5.74, 6) is 0.681. The van der Waals surface area contributed by atoms with Crippen molar-refractivity contribution in [2.45, 2.75) is 71.8 Å². The van der Waals surface area contributed by atoms with Crippen molar-refractivity contribution in [2.75, 3.05) is 6.54 Å². The molecular formula is C15H27NO2. The molecule has 2 aliphatic rings. The number of nitrogens with zero attached hydrogens (tertiary/aromatic N) is 1. The van der Waals surface area contributed by atoms with Gasteiger partial charge in [-0.15, -0.1) is 0 Å². The minimum Gasteiger partial charge on any atom is -0.333 e. The minimum absolute atomic E-state index is 0.0242. The van der Waals surface area contributed by atoms with Gasteiger partial charge in [-0.1, -0.05) is 46.0 Å². The van der Waals surface area contributed by atoms with Gasteiger partial charge < -0.3 is 4.90 Å². The van der Waals surface area contributed by atoms with Gasteiger partial charge in [0, 0.05) is 19.9 Å². The Hall–Kier alpha value is -0.860. The summed E-state index contributed by atoms with van der Waals surface area (Å²) in [5.41, 5.74) is 0. The van der Waals surface area contributed by atoms with Crippen molar-refractivity contribution in [3.63, 3.8) is 0 Å². The van der Waals surface area contributed by atoms with Crippen LogP contribution in [0.4, 0.5) is 0 Å². The Bertz CT molecular complexity index is 277.